The van der Waals surface area contributed by atoms with Crippen molar-refractivity contribution in [3.8, 4) is 6.07 Å². The number of nitriles is 1. The van der Waals surface area contributed by atoms with Crippen LogP contribution in [0.15, 0.2) is 18.2 Å². The summed E-state index contributed by atoms with van der Waals surface area (Å²) in [7, 11) is 0. The Bertz CT molecular complexity index is 450. The monoisotopic (exact) mass is 262 g/mol. The van der Waals surface area contributed by atoms with Gasteiger partial charge in [-0.3, -0.25) is 0 Å². The van der Waals surface area contributed by atoms with Crippen LogP contribution in [0.2, 0.25) is 5.02 Å². The van der Waals surface area contributed by atoms with Gasteiger partial charge in [-0.1, -0.05) is 37.8 Å². The van der Waals surface area contributed by atoms with Crippen LogP contribution in [0.1, 0.15) is 44.6 Å². The summed E-state index contributed by atoms with van der Waals surface area (Å²) >= 11 is 6.17. The van der Waals surface area contributed by atoms with E-state index < -0.39 is 0 Å². The Balaban J connectivity index is 2.07. The lowest BCUT2D eigenvalue weighted by Crippen LogP contribution is -2.27. The van der Waals surface area contributed by atoms with E-state index in [-0.39, 0.29) is 0 Å². The fourth-order valence-electron chi connectivity index (χ4n) is 2.72. The lowest BCUT2D eigenvalue weighted by molar-refractivity contribution is 0.327. The summed E-state index contributed by atoms with van der Waals surface area (Å²) in [5.41, 5.74) is 1.56. The van der Waals surface area contributed by atoms with Gasteiger partial charge < -0.3 is 5.32 Å². The van der Waals surface area contributed by atoms with Crippen molar-refractivity contribution >= 4 is 17.3 Å². The maximum atomic E-state index is 8.92. The zero-order valence-electron chi connectivity index (χ0n) is 10.7. The summed E-state index contributed by atoms with van der Waals surface area (Å²) in [5.74, 6) is 0.828. The fraction of sp³-hybridized carbons (Fsp3) is 0.533. The highest BCUT2D eigenvalue weighted by Crippen LogP contribution is 2.31. The highest BCUT2D eigenvalue weighted by atomic mass is 35.5. The van der Waals surface area contributed by atoms with Crippen LogP contribution in [-0.4, -0.2) is 6.04 Å². The van der Waals surface area contributed by atoms with Crippen LogP contribution < -0.4 is 5.32 Å². The van der Waals surface area contributed by atoms with E-state index >= 15 is 0 Å². The first-order valence-electron chi connectivity index (χ1n) is 6.69. The minimum Gasteiger partial charge on any atom is -0.381 e. The summed E-state index contributed by atoms with van der Waals surface area (Å²) in [6.07, 6.45) is 6.30. The standard InChI is InChI=1S/C15H19ClN2/c1-2-11-4-3-5-13(8-11)18-15-9-12(10-17)6-7-14(15)16/h6-7,9,11,13,18H,2-5,8H2,1H3. The first-order chi connectivity index (χ1) is 8.72. The zero-order valence-corrected chi connectivity index (χ0v) is 11.5. The van der Waals surface area contributed by atoms with Gasteiger partial charge in [-0.15, -0.1) is 0 Å². The Morgan fingerprint density at radius 3 is 3.00 bits per heavy atom. The zero-order chi connectivity index (χ0) is 13.0. The maximum absolute atomic E-state index is 8.92. The molecule has 0 aliphatic heterocycles. The SMILES string of the molecule is CCC1CCCC(Nc2cc(C#N)ccc2Cl)C1. The number of rotatable bonds is 3. The van der Waals surface area contributed by atoms with Crippen molar-refractivity contribution in [2.24, 2.45) is 5.92 Å². The predicted molar refractivity (Wildman–Crippen MR) is 75.8 cm³/mol. The van der Waals surface area contributed by atoms with Crippen LogP contribution in [0.25, 0.3) is 0 Å². The summed E-state index contributed by atoms with van der Waals surface area (Å²) in [6.45, 7) is 2.26. The van der Waals surface area contributed by atoms with E-state index in [1.165, 1.54) is 32.1 Å². The molecule has 0 heterocycles. The highest BCUT2D eigenvalue weighted by molar-refractivity contribution is 6.33. The van der Waals surface area contributed by atoms with Crippen molar-refractivity contribution in [3.05, 3.63) is 28.8 Å². The Morgan fingerprint density at radius 1 is 1.44 bits per heavy atom. The van der Waals surface area contributed by atoms with E-state index in [4.69, 9.17) is 16.9 Å². The summed E-state index contributed by atoms with van der Waals surface area (Å²) < 4.78 is 0. The average molecular weight is 263 g/mol. The Hall–Kier alpha value is -1.20. The third kappa shape index (κ3) is 3.17. The van der Waals surface area contributed by atoms with Crippen LogP contribution in [0.5, 0.6) is 0 Å². The van der Waals surface area contributed by atoms with E-state index in [9.17, 15) is 0 Å². The summed E-state index contributed by atoms with van der Waals surface area (Å²) in [4.78, 5) is 0. The van der Waals surface area contributed by atoms with Gasteiger partial charge in [0.15, 0.2) is 0 Å². The number of halogens is 1. The van der Waals surface area contributed by atoms with Gasteiger partial charge in [0, 0.05) is 6.04 Å². The molecule has 1 N–H and O–H groups in total. The first kappa shape index (κ1) is 13.2. The molecule has 96 valence electrons. The third-order valence-electron chi connectivity index (χ3n) is 3.82. The average Bonchev–Trinajstić information content (AvgIpc) is 2.41. The molecule has 1 aliphatic rings. The number of nitrogens with zero attached hydrogens (tertiary/aromatic N) is 1. The summed E-state index contributed by atoms with van der Waals surface area (Å²) in [6, 6.07) is 8.04. The molecule has 2 atom stereocenters. The van der Waals surface area contributed by atoms with Crippen molar-refractivity contribution in [3.63, 3.8) is 0 Å². The van der Waals surface area contributed by atoms with Crippen LogP contribution in [-0.2, 0) is 0 Å². The molecule has 0 bridgehead atoms. The van der Waals surface area contributed by atoms with Gasteiger partial charge in [0.1, 0.15) is 0 Å². The van der Waals surface area contributed by atoms with Crippen LogP contribution >= 0.6 is 11.6 Å². The molecule has 0 radical (unpaired) electrons. The fourth-order valence-corrected chi connectivity index (χ4v) is 2.89. The Labute approximate surface area is 114 Å². The molecule has 2 unspecified atom stereocenters. The maximum Gasteiger partial charge on any atom is 0.0992 e. The van der Waals surface area contributed by atoms with Crippen molar-refractivity contribution in [2.45, 2.75) is 45.1 Å². The Kier molecular flexibility index (Phi) is 4.49. The van der Waals surface area contributed by atoms with Gasteiger partial charge >= 0.3 is 0 Å². The van der Waals surface area contributed by atoms with Crippen molar-refractivity contribution in [2.75, 3.05) is 5.32 Å². The molecular weight excluding hydrogens is 244 g/mol. The van der Waals surface area contributed by atoms with Gasteiger partial charge in [0.2, 0.25) is 0 Å². The molecule has 1 aliphatic carbocycles. The van der Waals surface area contributed by atoms with Crippen molar-refractivity contribution < 1.29 is 0 Å². The van der Waals surface area contributed by atoms with Crippen LogP contribution in [0, 0.1) is 17.2 Å². The van der Waals surface area contributed by atoms with Gasteiger partial charge in [0.25, 0.3) is 0 Å². The van der Waals surface area contributed by atoms with E-state index in [2.05, 4.69) is 18.3 Å². The molecular formula is C15H19ClN2. The molecule has 2 rings (SSSR count). The molecule has 2 nitrogen and oxygen atoms in total. The van der Waals surface area contributed by atoms with Gasteiger partial charge in [-0.25, -0.2) is 0 Å². The van der Waals surface area contributed by atoms with E-state index in [1.54, 1.807) is 12.1 Å². The Morgan fingerprint density at radius 2 is 2.28 bits per heavy atom. The summed E-state index contributed by atoms with van der Waals surface area (Å²) in [5, 5.41) is 13.1. The van der Waals surface area contributed by atoms with Crippen molar-refractivity contribution in [1.82, 2.24) is 0 Å². The first-order valence-corrected chi connectivity index (χ1v) is 7.07. The lowest BCUT2D eigenvalue weighted by Gasteiger charge is -2.30. The molecule has 1 aromatic carbocycles. The van der Waals surface area contributed by atoms with E-state index in [1.807, 2.05) is 6.07 Å². The molecule has 0 aromatic heterocycles. The number of benzene rings is 1. The van der Waals surface area contributed by atoms with Crippen LogP contribution in [0.4, 0.5) is 5.69 Å². The van der Waals surface area contributed by atoms with Gasteiger partial charge in [-0.2, -0.15) is 5.26 Å². The number of hydrogen-bond acceptors (Lipinski definition) is 2. The van der Waals surface area contributed by atoms with Gasteiger partial charge in [-0.05, 0) is 37.0 Å². The minimum atomic E-state index is 0.496. The van der Waals surface area contributed by atoms with Crippen LogP contribution in [0.3, 0.4) is 0 Å². The molecule has 0 saturated heterocycles. The molecule has 0 amide bonds. The molecule has 3 heteroatoms. The minimum absolute atomic E-state index is 0.496. The second-order valence-electron chi connectivity index (χ2n) is 5.09. The molecule has 1 aromatic rings. The number of hydrogen-bond donors (Lipinski definition) is 1. The quantitative estimate of drug-likeness (QED) is 0.865. The van der Waals surface area contributed by atoms with Gasteiger partial charge in [0.05, 0.1) is 22.3 Å². The predicted octanol–water partition coefficient (Wildman–Crippen LogP) is 4.59. The number of nitrogens with one attached hydrogen (secondary N) is 1. The normalized spacial score (nSPS) is 23.4. The lowest BCUT2D eigenvalue weighted by atomic mass is 9.84. The van der Waals surface area contributed by atoms with E-state index in [0.29, 0.717) is 16.6 Å². The second kappa shape index (κ2) is 6.11. The molecule has 1 fully saturated rings. The molecule has 18 heavy (non-hydrogen) atoms. The third-order valence-corrected chi connectivity index (χ3v) is 4.14. The largest absolute Gasteiger partial charge is 0.381 e. The topological polar surface area (TPSA) is 35.8 Å². The number of anilines is 1. The highest BCUT2D eigenvalue weighted by Gasteiger charge is 2.21. The second-order valence-corrected chi connectivity index (χ2v) is 5.50. The molecule has 1 saturated carbocycles. The smallest absolute Gasteiger partial charge is 0.0992 e. The van der Waals surface area contributed by atoms with E-state index in [0.717, 1.165) is 11.6 Å². The molecule has 0 spiro atoms. The van der Waals surface area contributed by atoms with Crippen molar-refractivity contribution in [1.29, 1.82) is 5.26 Å².